The van der Waals surface area contributed by atoms with Gasteiger partial charge in [0.2, 0.25) is 5.91 Å². The number of aromatic nitrogens is 2. The second kappa shape index (κ2) is 8.13. The standard InChI is InChI=1S/C19H20N4O3S/c1-2-11-3-5-12(6-4-11)13-9-27-18-16(13)17(21-10-22-18)23-14(19(25)26)7-8-15(20)24/h3-6,9-10,14H,2,7-8H2,1H3,(H2,20,24)(H,25,26)(H,21,22,23). The van der Waals surface area contributed by atoms with Gasteiger partial charge in [0.05, 0.1) is 5.39 Å². The molecule has 2 aromatic heterocycles. The lowest BCUT2D eigenvalue weighted by Gasteiger charge is -2.15. The number of benzene rings is 1. The average molecular weight is 384 g/mol. The van der Waals surface area contributed by atoms with E-state index in [2.05, 4.69) is 34.3 Å². The largest absolute Gasteiger partial charge is 0.480 e. The number of carbonyl (C=O) groups excluding carboxylic acids is 1. The molecule has 0 spiro atoms. The summed E-state index contributed by atoms with van der Waals surface area (Å²) in [5.74, 6) is -1.16. The Kier molecular flexibility index (Phi) is 5.66. The number of nitrogens with zero attached hydrogens (tertiary/aromatic N) is 2. The number of carboxylic acids is 1. The number of thiophene rings is 1. The lowest BCUT2D eigenvalue weighted by molar-refractivity contribution is -0.138. The lowest BCUT2D eigenvalue weighted by atomic mass is 10.0. The highest BCUT2D eigenvalue weighted by Gasteiger charge is 2.21. The van der Waals surface area contributed by atoms with Crippen LogP contribution in [0.1, 0.15) is 25.3 Å². The van der Waals surface area contributed by atoms with Crippen LogP contribution in [-0.2, 0) is 16.0 Å². The molecule has 1 unspecified atom stereocenters. The molecule has 0 radical (unpaired) electrons. The Morgan fingerprint density at radius 3 is 2.63 bits per heavy atom. The van der Waals surface area contributed by atoms with E-state index in [9.17, 15) is 14.7 Å². The molecule has 0 saturated carbocycles. The molecule has 8 heteroatoms. The molecule has 4 N–H and O–H groups in total. The number of hydrogen-bond donors (Lipinski definition) is 3. The molecule has 7 nitrogen and oxygen atoms in total. The quantitative estimate of drug-likeness (QED) is 0.549. The van der Waals surface area contributed by atoms with Crippen LogP contribution in [0, 0.1) is 0 Å². The molecule has 1 amide bonds. The van der Waals surface area contributed by atoms with Crippen molar-refractivity contribution >= 4 is 39.2 Å². The van der Waals surface area contributed by atoms with E-state index in [-0.39, 0.29) is 12.8 Å². The first-order chi connectivity index (χ1) is 13.0. The number of nitrogens with two attached hydrogens (primary N) is 1. The minimum absolute atomic E-state index is 0.0207. The Morgan fingerprint density at radius 1 is 1.26 bits per heavy atom. The number of nitrogens with one attached hydrogen (secondary N) is 1. The van der Waals surface area contributed by atoms with E-state index >= 15 is 0 Å². The summed E-state index contributed by atoms with van der Waals surface area (Å²) in [4.78, 5) is 31.9. The van der Waals surface area contributed by atoms with Crippen molar-refractivity contribution in [2.24, 2.45) is 5.73 Å². The minimum atomic E-state index is -1.06. The van der Waals surface area contributed by atoms with Crippen LogP contribution in [0.25, 0.3) is 21.3 Å². The lowest BCUT2D eigenvalue weighted by Crippen LogP contribution is -2.31. The third-order valence-electron chi connectivity index (χ3n) is 4.33. The van der Waals surface area contributed by atoms with Crippen molar-refractivity contribution in [2.75, 3.05) is 5.32 Å². The first kappa shape index (κ1) is 18.8. The summed E-state index contributed by atoms with van der Waals surface area (Å²) in [6, 6.07) is 7.26. The van der Waals surface area contributed by atoms with Crippen LogP contribution in [0.2, 0.25) is 0 Å². The third kappa shape index (κ3) is 4.22. The smallest absolute Gasteiger partial charge is 0.326 e. The highest BCUT2D eigenvalue weighted by Crippen LogP contribution is 2.36. The summed E-state index contributed by atoms with van der Waals surface area (Å²) in [7, 11) is 0. The molecule has 0 aliphatic heterocycles. The van der Waals surface area contributed by atoms with Crippen LogP contribution < -0.4 is 11.1 Å². The van der Waals surface area contributed by atoms with Gasteiger partial charge in [-0.25, -0.2) is 14.8 Å². The fourth-order valence-corrected chi connectivity index (χ4v) is 3.74. The summed E-state index contributed by atoms with van der Waals surface area (Å²) in [5, 5.41) is 15.2. The Morgan fingerprint density at radius 2 is 2.00 bits per heavy atom. The molecule has 1 aromatic carbocycles. The van der Waals surface area contributed by atoms with E-state index in [1.165, 1.54) is 23.2 Å². The number of fused-ring (bicyclic) bond motifs is 1. The average Bonchev–Trinajstić information content (AvgIpc) is 3.09. The van der Waals surface area contributed by atoms with Crippen LogP contribution in [0.5, 0.6) is 0 Å². The molecule has 27 heavy (non-hydrogen) atoms. The van der Waals surface area contributed by atoms with Crippen molar-refractivity contribution in [1.82, 2.24) is 9.97 Å². The van der Waals surface area contributed by atoms with Gasteiger partial charge in [0.1, 0.15) is 23.0 Å². The van der Waals surface area contributed by atoms with Gasteiger partial charge in [-0.15, -0.1) is 11.3 Å². The van der Waals surface area contributed by atoms with Crippen LogP contribution in [-0.4, -0.2) is 33.0 Å². The van der Waals surface area contributed by atoms with Gasteiger partial charge >= 0.3 is 5.97 Å². The maximum absolute atomic E-state index is 11.6. The molecule has 0 saturated heterocycles. The fourth-order valence-electron chi connectivity index (χ4n) is 2.83. The first-order valence-electron chi connectivity index (χ1n) is 8.58. The van der Waals surface area contributed by atoms with Gasteiger partial charge in [-0.2, -0.15) is 0 Å². The van der Waals surface area contributed by atoms with E-state index in [1.807, 2.05) is 17.5 Å². The van der Waals surface area contributed by atoms with E-state index in [4.69, 9.17) is 5.73 Å². The number of hydrogen-bond acceptors (Lipinski definition) is 6. The summed E-state index contributed by atoms with van der Waals surface area (Å²) in [6.45, 7) is 2.10. The van der Waals surface area contributed by atoms with Crippen molar-refractivity contribution in [3.8, 4) is 11.1 Å². The SMILES string of the molecule is CCc1ccc(-c2csc3ncnc(NC(CCC(N)=O)C(=O)O)c23)cc1. The van der Waals surface area contributed by atoms with Crippen molar-refractivity contribution in [3.05, 3.63) is 41.5 Å². The molecular formula is C19H20N4O3S. The monoisotopic (exact) mass is 384 g/mol. The van der Waals surface area contributed by atoms with Gasteiger partial charge in [-0.05, 0) is 24.0 Å². The minimum Gasteiger partial charge on any atom is -0.480 e. The van der Waals surface area contributed by atoms with E-state index < -0.39 is 17.9 Å². The highest BCUT2D eigenvalue weighted by molar-refractivity contribution is 7.17. The number of rotatable bonds is 8. The molecule has 0 bridgehead atoms. The van der Waals surface area contributed by atoms with Crippen LogP contribution in [0.15, 0.2) is 36.0 Å². The predicted octanol–water partition coefficient (Wildman–Crippen LogP) is 3.05. The van der Waals surface area contributed by atoms with Gasteiger partial charge in [0, 0.05) is 17.4 Å². The second-order valence-corrected chi connectivity index (χ2v) is 7.00. The van der Waals surface area contributed by atoms with Gasteiger partial charge in [0.15, 0.2) is 0 Å². The highest BCUT2D eigenvalue weighted by atomic mass is 32.1. The number of primary amides is 1. The Labute approximate surface area is 160 Å². The van der Waals surface area contributed by atoms with Crippen molar-refractivity contribution in [1.29, 1.82) is 0 Å². The molecule has 0 fully saturated rings. The molecular weight excluding hydrogens is 364 g/mol. The van der Waals surface area contributed by atoms with E-state index in [0.29, 0.717) is 5.82 Å². The van der Waals surface area contributed by atoms with Crippen LogP contribution in [0.3, 0.4) is 0 Å². The van der Waals surface area contributed by atoms with Crippen molar-refractivity contribution in [2.45, 2.75) is 32.2 Å². The number of carboxylic acid groups (broad SMARTS) is 1. The zero-order valence-corrected chi connectivity index (χ0v) is 15.6. The summed E-state index contributed by atoms with van der Waals surface area (Å²) in [5.41, 5.74) is 8.35. The molecule has 3 rings (SSSR count). The van der Waals surface area contributed by atoms with E-state index in [0.717, 1.165) is 27.8 Å². The maximum Gasteiger partial charge on any atom is 0.326 e. The summed E-state index contributed by atoms with van der Waals surface area (Å²) in [6.07, 6.45) is 2.42. The number of aryl methyl sites for hydroxylation is 1. The summed E-state index contributed by atoms with van der Waals surface area (Å²) >= 11 is 1.47. The number of aliphatic carboxylic acids is 1. The molecule has 1 atom stereocenters. The normalized spacial score (nSPS) is 12.0. The van der Waals surface area contributed by atoms with E-state index in [1.54, 1.807) is 0 Å². The molecule has 0 aliphatic rings. The Balaban J connectivity index is 1.99. The van der Waals surface area contributed by atoms with Crippen molar-refractivity contribution < 1.29 is 14.7 Å². The Bertz CT molecular complexity index is 969. The second-order valence-electron chi connectivity index (χ2n) is 6.14. The molecule has 140 valence electrons. The summed E-state index contributed by atoms with van der Waals surface area (Å²) < 4.78 is 0. The van der Waals surface area contributed by atoms with Crippen LogP contribution >= 0.6 is 11.3 Å². The zero-order valence-electron chi connectivity index (χ0n) is 14.8. The van der Waals surface area contributed by atoms with Gasteiger partial charge < -0.3 is 16.2 Å². The predicted molar refractivity (Wildman–Crippen MR) is 106 cm³/mol. The van der Waals surface area contributed by atoms with Gasteiger partial charge in [0.25, 0.3) is 0 Å². The molecule has 2 heterocycles. The number of carbonyl (C=O) groups is 2. The Hall–Kier alpha value is -3.00. The fraction of sp³-hybridized carbons (Fsp3) is 0.263. The maximum atomic E-state index is 11.6. The first-order valence-corrected chi connectivity index (χ1v) is 9.46. The molecule has 3 aromatic rings. The van der Waals surface area contributed by atoms with Gasteiger partial charge in [-0.3, -0.25) is 4.79 Å². The number of anilines is 1. The van der Waals surface area contributed by atoms with Crippen molar-refractivity contribution in [3.63, 3.8) is 0 Å². The molecule has 0 aliphatic carbocycles. The number of amides is 1. The zero-order chi connectivity index (χ0) is 19.4. The topological polar surface area (TPSA) is 118 Å². The third-order valence-corrected chi connectivity index (χ3v) is 5.22. The van der Waals surface area contributed by atoms with Crippen LogP contribution in [0.4, 0.5) is 5.82 Å². The van der Waals surface area contributed by atoms with Gasteiger partial charge in [-0.1, -0.05) is 31.2 Å².